The van der Waals surface area contributed by atoms with Crippen LogP contribution in [0.25, 0.3) is 0 Å². The Labute approximate surface area is 122 Å². The lowest BCUT2D eigenvalue weighted by Gasteiger charge is -2.18. The lowest BCUT2D eigenvalue weighted by Crippen LogP contribution is -2.38. The molecule has 4 nitrogen and oxygen atoms in total. The Kier molecular flexibility index (Phi) is 3.43. The first-order chi connectivity index (χ1) is 9.38. The fourth-order valence-electron chi connectivity index (χ4n) is 2.48. The third kappa shape index (κ3) is 2.77. The number of benzene rings is 1. The van der Waals surface area contributed by atoms with E-state index in [0.29, 0.717) is 11.8 Å². The number of nitrogens with two attached hydrogens (primary N) is 1. The van der Waals surface area contributed by atoms with Gasteiger partial charge in [-0.05, 0) is 49.7 Å². The first kappa shape index (κ1) is 14.1. The topological polar surface area (TPSA) is 72.2 Å². The number of hydrogen-bond acceptors (Lipinski definition) is 3. The molecule has 2 aliphatic rings. The first-order valence-electron chi connectivity index (χ1n) is 6.65. The van der Waals surface area contributed by atoms with Gasteiger partial charge in [-0.3, -0.25) is 0 Å². The van der Waals surface area contributed by atoms with E-state index in [2.05, 4.69) is 4.72 Å². The smallest absolute Gasteiger partial charge is 0.242 e. The standard InChI is InChI=1S/C13H16ClFN2O2S/c14-9-5-10(15)11(16)6-12(9)20(18,19)17-13(7-1-2-7)8-3-4-8/h5-8,13,17H,1-4,16H2. The third-order valence-corrected chi connectivity index (χ3v) is 5.82. The molecule has 3 N–H and O–H groups in total. The quantitative estimate of drug-likeness (QED) is 0.819. The van der Waals surface area contributed by atoms with E-state index in [1.165, 1.54) is 0 Å². The molecule has 20 heavy (non-hydrogen) atoms. The van der Waals surface area contributed by atoms with Gasteiger partial charge < -0.3 is 5.73 Å². The maximum atomic E-state index is 13.3. The van der Waals surface area contributed by atoms with Gasteiger partial charge in [0.25, 0.3) is 0 Å². The van der Waals surface area contributed by atoms with Crippen molar-refractivity contribution in [1.82, 2.24) is 4.72 Å². The van der Waals surface area contributed by atoms with Crippen LogP contribution in [0.15, 0.2) is 17.0 Å². The SMILES string of the molecule is Nc1cc(S(=O)(=O)NC(C2CC2)C2CC2)c(Cl)cc1F. The highest BCUT2D eigenvalue weighted by Crippen LogP contribution is 2.45. The highest BCUT2D eigenvalue weighted by molar-refractivity contribution is 7.89. The summed E-state index contributed by atoms with van der Waals surface area (Å²) in [6.45, 7) is 0. The lowest BCUT2D eigenvalue weighted by atomic mass is 10.1. The number of nitrogen functional groups attached to an aromatic ring is 1. The van der Waals surface area contributed by atoms with Crippen molar-refractivity contribution in [3.63, 3.8) is 0 Å². The van der Waals surface area contributed by atoms with Crippen LogP contribution in [0, 0.1) is 17.7 Å². The van der Waals surface area contributed by atoms with Crippen molar-refractivity contribution < 1.29 is 12.8 Å². The number of hydrogen-bond donors (Lipinski definition) is 2. The third-order valence-electron chi connectivity index (χ3n) is 3.89. The molecule has 2 saturated carbocycles. The number of nitrogens with one attached hydrogen (secondary N) is 1. The Hall–Kier alpha value is -0.850. The van der Waals surface area contributed by atoms with Crippen LogP contribution in [0.1, 0.15) is 25.7 Å². The van der Waals surface area contributed by atoms with Crippen LogP contribution in [0.4, 0.5) is 10.1 Å². The van der Waals surface area contributed by atoms with Crippen molar-refractivity contribution in [1.29, 1.82) is 0 Å². The molecule has 3 rings (SSSR count). The lowest BCUT2D eigenvalue weighted by molar-refractivity contribution is 0.471. The van der Waals surface area contributed by atoms with E-state index >= 15 is 0 Å². The van der Waals surface area contributed by atoms with Gasteiger partial charge in [-0.1, -0.05) is 11.6 Å². The molecule has 1 aromatic carbocycles. The molecule has 2 fully saturated rings. The van der Waals surface area contributed by atoms with Crippen molar-refractivity contribution in [2.75, 3.05) is 5.73 Å². The normalized spacial score (nSPS) is 19.6. The first-order valence-corrected chi connectivity index (χ1v) is 8.51. The molecule has 0 aromatic heterocycles. The van der Waals surface area contributed by atoms with Gasteiger partial charge in [0.15, 0.2) is 0 Å². The van der Waals surface area contributed by atoms with E-state index in [4.69, 9.17) is 17.3 Å². The number of halogens is 2. The Balaban J connectivity index is 1.89. The van der Waals surface area contributed by atoms with Gasteiger partial charge in [-0.25, -0.2) is 17.5 Å². The highest BCUT2D eigenvalue weighted by Gasteiger charge is 2.43. The largest absolute Gasteiger partial charge is 0.396 e. The van der Waals surface area contributed by atoms with Crippen molar-refractivity contribution in [2.24, 2.45) is 11.8 Å². The summed E-state index contributed by atoms with van der Waals surface area (Å²) in [4.78, 5) is -0.149. The average molecular weight is 319 g/mol. The van der Waals surface area contributed by atoms with Gasteiger partial charge in [0.05, 0.1) is 10.7 Å². The van der Waals surface area contributed by atoms with Gasteiger partial charge in [-0.15, -0.1) is 0 Å². The fourth-order valence-corrected chi connectivity index (χ4v) is 4.40. The van der Waals surface area contributed by atoms with Crippen molar-refractivity contribution in [3.8, 4) is 0 Å². The summed E-state index contributed by atoms with van der Waals surface area (Å²) in [5.74, 6) is 0.137. The summed E-state index contributed by atoms with van der Waals surface area (Å²) >= 11 is 5.85. The second-order valence-electron chi connectivity index (χ2n) is 5.63. The monoisotopic (exact) mass is 318 g/mol. The molecule has 110 valence electrons. The minimum atomic E-state index is -3.77. The molecular weight excluding hydrogens is 303 g/mol. The number of sulfonamides is 1. The number of anilines is 1. The van der Waals surface area contributed by atoms with Gasteiger partial charge in [0.2, 0.25) is 10.0 Å². The molecule has 0 bridgehead atoms. The summed E-state index contributed by atoms with van der Waals surface area (Å²) < 4.78 is 40.8. The highest BCUT2D eigenvalue weighted by atomic mass is 35.5. The van der Waals surface area contributed by atoms with Crippen LogP contribution in [-0.4, -0.2) is 14.5 Å². The second kappa shape index (κ2) is 4.86. The Bertz CT molecular complexity index is 630. The fraction of sp³-hybridized carbons (Fsp3) is 0.538. The Morgan fingerprint density at radius 2 is 1.80 bits per heavy atom. The van der Waals surface area contributed by atoms with Gasteiger partial charge in [0.1, 0.15) is 10.7 Å². The molecule has 0 amide bonds. The van der Waals surface area contributed by atoms with Crippen molar-refractivity contribution in [2.45, 2.75) is 36.6 Å². The second-order valence-corrected chi connectivity index (χ2v) is 7.72. The van der Waals surface area contributed by atoms with E-state index in [1.807, 2.05) is 0 Å². The zero-order valence-corrected chi connectivity index (χ0v) is 12.3. The maximum absolute atomic E-state index is 13.3. The maximum Gasteiger partial charge on any atom is 0.242 e. The predicted molar refractivity (Wildman–Crippen MR) is 75.4 cm³/mol. The summed E-state index contributed by atoms with van der Waals surface area (Å²) in [5, 5.41) is -0.144. The van der Waals surface area contributed by atoms with Crippen LogP contribution >= 0.6 is 11.6 Å². The van der Waals surface area contributed by atoms with E-state index in [1.54, 1.807) is 0 Å². The van der Waals surface area contributed by atoms with Crippen molar-refractivity contribution in [3.05, 3.63) is 23.0 Å². The average Bonchev–Trinajstić information content (AvgIpc) is 3.24. The summed E-state index contributed by atoms with van der Waals surface area (Å²) in [7, 11) is -3.77. The molecule has 0 saturated heterocycles. The van der Waals surface area contributed by atoms with E-state index in [-0.39, 0.29) is 21.6 Å². The molecule has 0 unspecified atom stereocenters. The van der Waals surface area contributed by atoms with Crippen LogP contribution in [0.3, 0.4) is 0 Å². The minimum Gasteiger partial charge on any atom is -0.396 e. The molecule has 0 spiro atoms. The molecule has 0 atom stereocenters. The zero-order chi connectivity index (χ0) is 14.5. The van der Waals surface area contributed by atoms with Crippen LogP contribution in [0.2, 0.25) is 5.02 Å². The van der Waals surface area contributed by atoms with Gasteiger partial charge >= 0.3 is 0 Å². The van der Waals surface area contributed by atoms with E-state index in [9.17, 15) is 12.8 Å². The molecule has 7 heteroatoms. The zero-order valence-electron chi connectivity index (χ0n) is 10.8. The molecule has 1 aromatic rings. The van der Waals surface area contributed by atoms with E-state index < -0.39 is 15.8 Å². The molecular formula is C13H16ClFN2O2S. The summed E-state index contributed by atoms with van der Waals surface area (Å²) in [5.41, 5.74) is 5.22. The molecule has 2 aliphatic carbocycles. The number of rotatable bonds is 5. The van der Waals surface area contributed by atoms with Crippen LogP contribution < -0.4 is 10.5 Å². The molecule has 0 aliphatic heterocycles. The summed E-state index contributed by atoms with van der Waals surface area (Å²) in [6, 6.07) is 1.99. The van der Waals surface area contributed by atoms with Gasteiger partial charge in [-0.2, -0.15) is 0 Å². The minimum absolute atomic E-state index is 0.0256. The van der Waals surface area contributed by atoms with Crippen molar-refractivity contribution >= 4 is 27.3 Å². The Morgan fingerprint density at radius 3 is 2.30 bits per heavy atom. The predicted octanol–water partition coefficient (Wildman–Crippen LogP) is 2.53. The van der Waals surface area contributed by atoms with Crippen LogP contribution in [-0.2, 0) is 10.0 Å². The van der Waals surface area contributed by atoms with Gasteiger partial charge in [0, 0.05) is 6.04 Å². The van der Waals surface area contributed by atoms with Crippen LogP contribution in [0.5, 0.6) is 0 Å². The molecule has 0 heterocycles. The Morgan fingerprint density at radius 1 is 1.25 bits per heavy atom. The van der Waals surface area contributed by atoms with E-state index in [0.717, 1.165) is 37.8 Å². The summed E-state index contributed by atoms with van der Waals surface area (Å²) in [6.07, 6.45) is 4.23. The molecule has 0 radical (unpaired) electrons.